The fourth-order valence-corrected chi connectivity index (χ4v) is 3.55. The van der Waals surface area contributed by atoms with Gasteiger partial charge in [0.15, 0.2) is 5.78 Å². The van der Waals surface area contributed by atoms with Gasteiger partial charge in [-0.15, -0.1) is 11.3 Å². The van der Waals surface area contributed by atoms with E-state index in [1.54, 1.807) is 0 Å². The molecule has 0 aliphatic rings. The number of esters is 1. The Labute approximate surface area is 173 Å². The second-order valence-corrected chi connectivity index (χ2v) is 7.87. The Kier molecular flexibility index (Phi) is 6.88. The Morgan fingerprint density at radius 3 is 2.38 bits per heavy atom. The Bertz CT molecular complexity index is 978. The molecule has 0 spiro atoms. The number of ketones is 1. The predicted octanol–water partition coefficient (Wildman–Crippen LogP) is 5.78. The second-order valence-electron chi connectivity index (χ2n) is 7.01. The van der Waals surface area contributed by atoms with Gasteiger partial charge in [-0.1, -0.05) is 38.1 Å². The largest absolute Gasteiger partial charge is 0.459 e. The summed E-state index contributed by atoms with van der Waals surface area (Å²) in [4.78, 5) is 28.5. The third-order valence-electron chi connectivity index (χ3n) is 4.48. The molecule has 0 bridgehead atoms. The molecule has 0 fully saturated rings. The highest BCUT2D eigenvalue weighted by Crippen LogP contribution is 2.26. The zero-order chi connectivity index (χ0) is 20.8. The molecule has 0 unspecified atom stereocenters. The van der Waals surface area contributed by atoms with Gasteiger partial charge in [-0.05, 0) is 35.7 Å². The SMILES string of the molecule is CC(C)c1ccc(-c2nc(COC(=O)CCC(=O)c3ccc(F)cc3)cs2)cc1. The van der Waals surface area contributed by atoms with Crippen molar-refractivity contribution in [3.8, 4) is 10.6 Å². The van der Waals surface area contributed by atoms with Crippen LogP contribution < -0.4 is 0 Å². The van der Waals surface area contributed by atoms with Crippen LogP contribution in [0.4, 0.5) is 4.39 Å². The maximum Gasteiger partial charge on any atom is 0.306 e. The van der Waals surface area contributed by atoms with Crippen molar-refractivity contribution in [3.05, 3.63) is 76.5 Å². The number of carbonyl (C=O) groups is 2. The molecule has 0 N–H and O–H groups in total. The number of thiazole rings is 1. The zero-order valence-corrected chi connectivity index (χ0v) is 17.2. The van der Waals surface area contributed by atoms with Crippen LogP contribution in [0.15, 0.2) is 53.9 Å². The van der Waals surface area contributed by atoms with Crippen LogP contribution >= 0.6 is 11.3 Å². The van der Waals surface area contributed by atoms with Gasteiger partial charge in [-0.3, -0.25) is 9.59 Å². The lowest BCUT2D eigenvalue weighted by Gasteiger charge is -2.05. The second kappa shape index (κ2) is 9.56. The van der Waals surface area contributed by atoms with E-state index in [1.807, 2.05) is 17.5 Å². The Morgan fingerprint density at radius 2 is 1.72 bits per heavy atom. The Hall–Kier alpha value is -2.86. The third-order valence-corrected chi connectivity index (χ3v) is 5.42. The van der Waals surface area contributed by atoms with Gasteiger partial charge >= 0.3 is 5.97 Å². The molecule has 1 aromatic heterocycles. The summed E-state index contributed by atoms with van der Waals surface area (Å²) in [6.45, 7) is 4.38. The maximum absolute atomic E-state index is 12.9. The summed E-state index contributed by atoms with van der Waals surface area (Å²) < 4.78 is 18.1. The average molecular weight is 411 g/mol. The van der Waals surface area contributed by atoms with Crippen LogP contribution in [-0.4, -0.2) is 16.7 Å². The monoisotopic (exact) mass is 411 g/mol. The molecule has 4 nitrogen and oxygen atoms in total. The maximum atomic E-state index is 12.9. The predicted molar refractivity (Wildman–Crippen MR) is 111 cm³/mol. The van der Waals surface area contributed by atoms with E-state index >= 15 is 0 Å². The average Bonchev–Trinajstić information content (AvgIpc) is 3.20. The molecule has 0 aliphatic heterocycles. The number of benzene rings is 2. The minimum absolute atomic E-state index is 0.0228. The summed E-state index contributed by atoms with van der Waals surface area (Å²) in [5, 5.41) is 2.74. The van der Waals surface area contributed by atoms with Crippen LogP contribution in [-0.2, 0) is 16.1 Å². The van der Waals surface area contributed by atoms with Gasteiger partial charge in [-0.2, -0.15) is 0 Å². The van der Waals surface area contributed by atoms with E-state index in [4.69, 9.17) is 4.74 Å². The van der Waals surface area contributed by atoms with E-state index < -0.39 is 11.8 Å². The Morgan fingerprint density at radius 1 is 1.03 bits per heavy atom. The number of hydrogen-bond acceptors (Lipinski definition) is 5. The fourth-order valence-electron chi connectivity index (χ4n) is 2.74. The quantitative estimate of drug-likeness (QED) is 0.348. The highest BCUT2D eigenvalue weighted by Gasteiger charge is 2.12. The molecule has 0 amide bonds. The van der Waals surface area contributed by atoms with Crippen LogP contribution in [0.2, 0.25) is 0 Å². The molecule has 6 heteroatoms. The van der Waals surface area contributed by atoms with Crippen LogP contribution in [0.3, 0.4) is 0 Å². The van der Waals surface area contributed by atoms with Crippen molar-refractivity contribution in [2.75, 3.05) is 0 Å². The smallest absolute Gasteiger partial charge is 0.306 e. The number of carbonyl (C=O) groups excluding carboxylic acids is 2. The topological polar surface area (TPSA) is 56.3 Å². The minimum Gasteiger partial charge on any atom is -0.459 e. The molecule has 0 radical (unpaired) electrons. The first-order valence-electron chi connectivity index (χ1n) is 9.41. The summed E-state index contributed by atoms with van der Waals surface area (Å²) in [5.74, 6) is -0.608. The molecule has 29 heavy (non-hydrogen) atoms. The van der Waals surface area contributed by atoms with Gasteiger partial charge in [0.25, 0.3) is 0 Å². The molecule has 2 aromatic carbocycles. The van der Waals surface area contributed by atoms with Crippen molar-refractivity contribution in [1.29, 1.82) is 0 Å². The number of nitrogens with zero attached hydrogens (tertiary/aromatic N) is 1. The highest BCUT2D eigenvalue weighted by atomic mass is 32.1. The first kappa shape index (κ1) is 20.9. The molecule has 3 aromatic rings. The summed E-state index contributed by atoms with van der Waals surface area (Å²) in [6.07, 6.45) is -0.00114. The first-order chi connectivity index (χ1) is 13.9. The lowest BCUT2D eigenvalue weighted by Crippen LogP contribution is -2.08. The van der Waals surface area contributed by atoms with Gasteiger partial charge in [0.2, 0.25) is 0 Å². The van der Waals surface area contributed by atoms with Gasteiger partial charge in [0.05, 0.1) is 12.1 Å². The van der Waals surface area contributed by atoms with Crippen molar-refractivity contribution in [2.45, 2.75) is 39.2 Å². The standard InChI is InChI=1S/C23H22FNO3S/c1-15(2)16-3-5-18(6-4-16)23-25-20(14-29-23)13-28-22(27)12-11-21(26)17-7-9-19(24)10-8-17/h3-10,14-15H,11-13H2,1-2H3. The molecule has 0 saturated carbocycles. The zero-order valence-electron chi connectivity index (χ0n) is 16.4. The van der Waals surface area contributed by atoms with Crippen LogP contribution in [0.1, 0.15) is 54.2 Å². The fraction of sp³-hybridized carbons (Fsp3) is 0.261. The molecule has 0 aliphatic carbocycles. The number of aromatic nitrogens is 1. The molecule has 3 rings (SSSR count). The lowest BCUT2D eigenvalue weighted by molar-refractivity contribution is -0.145. The molecular weight excluding hydrogens is 389 g/mol. The highest BCUT2D eigenvalue weighted by molar-refractivity contribution is 7.13. The van der Waals surface area contributed by atoms with Crippen LogP contribution in [0, 0.1) is 5.82 Å². The minimum atomic E-state index is -0.462. The number of hydrogen-bond donors (Lipinski definition) is 0. The van der Waals surface area contributed by atoms with Crippen LogP contribution in [0.5, 0.6) is 0 Å². The van der Waals surface area contributed by atoms with E-state index in [0.29, 0.717) is 17.2 Å². The van der Waals surface area contributed by atoms with Gasteiger partial charge < -0.3 is 4.74 Å². The van der Waals surface area contributed by atoms with E-state index in [9.17, 15) is 14.0 Å². The van der Waals surface area contributed by atoms with Crippen molar-refractivity contribution in [1.82, 2.24) is 4.98 Å². The van der Waals surface area contributed by atoms with Gasteiger partial charge in [-0.25, -0.2) is 9.37 Å². The molecule has 150 valence electrons. The van der Waals surface area contributed by atoms with E-state index in [-0.39, 0.29) is 25.2 Å². The summed E-state index contributed by atoms with van der Waals surface area (Å²) in [7, 11) is 0. The summed E-state index contributed by atoms with van der Waals surface area (Å²) >= 11 is 1.50. The van der Waals surface area contributed by atoms with Crippen molar-refractivity contribution in [3.63, 3.8) is 0 Å². The lowest BCUT2D eigenvalue weighted by atomic mass is 10.0. The molecule has 0 saturated heterocycles. The molecular formula is C23H22FNO3S. The van der Waals surface area contributed by atoms with Crippen LogP contribution in [0.25, 0.3) is 10.6 Å². The molecule has 0 atom stereocenters. The Balaban J connectivity index is 1.48. The molecule has 1 heterocycles. The first-order valence-corrected chi connectivity index (χ1v) is 10.3. The summed E-state index contributed by atoms with van der Waals surface area (Å²) in [5.41, 5.74) is 3.36. The number of ether oxygens (including phenoxy) is 1. The normalized spacial score (nSPS) is 10.9. The summed E-state index contributed by atoms with van der Waals surface area (Å²) in [6, 6.07) is 13.6. The number of Topliss-reactive ketones (excluding diaryl/α,β-unsaturated/α-hetero) is 1. The number of rotatable bonds is 8. The van der Waals surface area contributed by atoms with Crippen molar-refractivity contribution >= 4 is 23.1 Å². The van der Waals surface area contributed by atoms with Gasteiger partial charge in [0, 0.05) is 22.9 Å². The van der Waals surface area contributed by atoms with Crippen molar-refractivity contribution in [2.24, 2.45) is 0 Å². The van der Waals surface area contributed by atoms with E-state index in [1.165, 1.54) is 41.2 Å². The third kappa shape index (κ3) is 5.81. The van der Waals surface area contributed by atoms with E-state index in [0.717, 1.165) is 10.6 Å². The van der Waals surface area contributed by atoms with Crippen molar-refractivity contribution < 1.29 is 18.7 Å². The number of halogens is 1. The van der Waals surface area contributed by atoms with E-state index in [2.05, 4.69) is 31.0 Å². The van der Waals surface area contributed by atoms with Gasteiger partial charge in [0.1, 0.15) is 17.4 Å².